The molecule has 0 aromatic heterocycles. The quantitative estimate of drug-likeness (QED) is 0.610. The van der Waals surface area contributed by atoms with Gasteiger partial charge in [-0.3, -0.25) is 4.79 Å². The van der Waals surface area contributed by atoms with Crippen molar-refractivity contribution in [3.8, 4) is 11.5 Å². The number of halogens is 1. The first kappa shape index (κ1) is 23.6. The number of ether oxygens (including phenoxy) is 3. The Balaban J connectivity index is 1.79. The maximum Gasteiger partial charge on any atom is 0.336 e. The number of carbonyl (C=O) groups excluding carboxylic acids is 2. The summed E-state index contributed by atoms with van der Waals surface area (Å²) in [5.74, 6) is -1.24. The molecule has 178 valence electrons. The largest absolute Gasteiger partial charge is 0.503 e. The summed E-state index contributed by atoms with van der Waals surface area (Å²) in [6.45, 7) is 6.74. The maximum atomic E-state index is 13.4. The molecule has 33 heavy (non-hydrogen) atoms. The highest BCUT2D eigenvalue weighted by atomic mass is 35.5. The number of Topliss-reactive ketones (excluding diaryl/α,β-unsaturated/α-hetero) is 1. The predicted octanol–water partition coefficient (Wildman–Crippen LogP) is 4.38. The molecule has 7 nitrogen and oxygen atoms in total. The van der Waals surface area contributed by atoms with E-state index in [1.54, 1.807) is 12.1 Å². The van der Waals surface area contributed by atoms with Crippen molar-refractivity contribution >= 4 is 23.4 Å². The van der Waals surface area contributed by atoms with E-state index in [2.05, 4.69) is 19.2 Å². The molecule has 0 saturated carbocycles. The van der Waals surface area contributed by atoms with Crippen LogP contribution in [0.4, 0.5) is 0 Å². The van der Waals surface area contributed by atoms with Gasteiger partial charge in [0.05, 0.1) is 23.8 Å². The van der Waals surface area contributed by atoms with Crippen LogP contribution in [0.15, 0.2) is 34.7 Å². The minimum absolute atomic E-state index is 0.0289. The zero-order valence-electron chi connectivity index (χ0n) is 19.4. The molecule has 2 aliphatic heterocycles. The summed E-state index contributed by atoms with van der Waals surface area (Å²) in [6, 6.07) is 3.20. The molecular weight excluding hydrogens is 446 g/mol. The van der Waals surface area contributed by atoms with E-state index in [9.17, 15) is 14.7 Å². The van der Waals surface area contributed by atoms with Crippen LogP contribution in [0.5, 0.6) is 11.5 Å². The van der Waals surface area contributed by atoms with Gasteiger partial charge in [-0.2, -0.15) is 0 Å². The van der Waals surface area contributed by atoms with Crippen molar-refractivity contribution in [2.24, 2.45) is 5.41 Å². The molecule has 1 aromatic carbocycles. The van der Waals surface area contributed by atoms with E-state index in [1.807, 2.05) is 6.92 Å². The smallest absolute Gasteiger partial charge is 0.336 e. The van der Waals surface area contributed by atoms with Crippen molar-refractivity contribution in [2.75, 3.05) is 20.3 Å². The number of methoxy groups -OCH3 is 1. The number of ketones is 1. The van der Waals surface area contributed by atoms with Gasteiger partial charge in [-0.25, -0.2) is 4.79 Å². The van der Waals surface area contributed by atoms with Gasteiger partial charge < -0.3 is 24.6 Å². The average Bonchev–Trinajstić information content (AvgIpc) is 3.25. The van der Waals surface area contributed by atoms with Crippen LogP contribution >= 0.6 is 11.6 Å². The Morgan fingerprint density at radius 1 is 1.33 bits per heavy atom. The van der Waals surface area contributed by atoms with Crippen molar-refractivity contribution < 1.29 is 28.9 Å². The number of allylic oxidation sites excluding steroid dienone is 3. The minimum atomic E-state index is -0.686. The van der Waals surface area contributed by atoms with E-state index in [4.69, 9.17) is 25.8 Å². The Kier molecular flexibility index (Phi) is 6.47. The van der Waals surface area contributed by atoms with Crippen LogP contribution in [0.1, 0.15) is 57.9 Å². The molecule has 0 spiro atoms. The van der Waals surface area contributed by atoms with E-state index in [0.29, 0.717) is 41.9 Å². The van der Waals surface area contributed by atoms with Crippen LogP contribution in [0.2, 0.25) is 5.02 Å². The van der Waals surface area contributed by atoms with Gasteiger partial charge >= 0.3 is 5.97 Å². The second-order valence-corrected chi connectivity index (χ2v) is 10.1. The van der Waals surface area contributed by atoms with Gasteiger partial charge in [0.2, 0.25) is 0 Å². The Morgan fingerprint density at radius 2 is 2.09 bits per heavy atom. The number of benzene rings is 1. The summed E-state index contributed by atoms with van der Waals surface area (Å²) in [5.41, 5.74) is 2.70. The van der Waals surface area contributed by atoms with Gasteiger partial charge in [0.15, 0.2) is 17.3 Å². The molecule has 0 amide bonds. The maximum absolute atomic E-state index is 13.4. The molecule has 0 bridgehead atoms. The number of esters is 1. The van der Waals surface area contributed by atoms with Gasteiger partial charge in [-0.05, 0) is 49.3 Å². The fourth-order valence-corrected chi connectivity index (χ4v) is 5.20. The lowest BCUT2D eigenvalue weighted by Gasteiger charge is -2.39. The second kappa shape index (κ2) is 9.03. The number of hydrogen-bond donors (Lipinski definition) is 2. The molecule has 1 aliphatic carbocycles. The molecule has 2 N–H and O–H groups in total. The first-order valence-corrected chi connectivity index (χ1v) is 11.6. The molecule has 0 radical (unpaired) electrons. The fraction of sp³-hybridized carbons (Fsp3) is 0.520. The van der Waals surface area contributed by atoms with E-state index >= 15 is 0 Å². The monoisotopic (exact) mass is 475 g/mol. The highest BCUT2D eigenvalue weighted by molar-refractivity contribution is 6.32. The summed E-state index contributed by atoms with van der Waals surface area (Å²) in [4.78, 5) is 26.7. The van der Waals surface area contributed by atoms with Crippen molar-refractivity contribution in [3.63, 3.8) is 0 Å². The molecule has 3 aliphatic rings. The average molecular weight is 476 g/mol. The van der Waals surface area contributed by atoms with Crippen molar-refractivity contribution in [3.05, 3.63) is 45.3 Å². The number of aromatic hydroxyl groups is 1. The first-order chi connectivity index (χ1) is 15.6. The Morgan fingerprint density at radius 3 is 2.76 bits per heavy atom. The summed E-state index contributed by atoms with van der Waals surface area (Å²) in [6.07, 6.45) is 2.72. The standard InChI is InChI=1S/C25H30ClNO6/c1-13-20(24(30)33-12-15-6-5-7-32-15)21(14-8-16(26)23(29)19(9-14)31-4)22-17(27-13)10-25(2,3)11-18(22)28/h8-9,15,21,27,29H,5-7,10-12H2,1-4H3/t15-,21-/m1/s1. The number of phenols is 1. The van der Waals surface area contributed by atoms with Gasteiger partial charge in [-0.1, -0.05) is 25.4 Å². The second-order valence-electron chi connectivity index (χ2n) is 9.72. The lowest BCUT2D eigenvalue weighted by Crippen LogP contribution is -2.39. The van der Waals surface area contributed by atoms with Crippen LogP contribution in [0.25, 0.3) is 0 Å². The third-order valence-electron chi connectivity index (χ3n) is 6.49. The number of nitrogens with one attached hydrogen (secondary N) is 1. The number of dihydropyridines is 1. The molecule has 8 heteroatoms. The first-order valence-electron chi connectivity index (χ1n) is 11.2. The lowest BCUT2D eigenvalue weighted by atomic mass is 9.68. The molecule has 0 unspecified atom stereocenters. The van der Waals surface area contributed by atoms with Gasteiger partial charge in [0.1, 0.15) is 6.61 Å². The Bertz CT molecular complexity index is 1050. The highest BCUT2D eigenvalue weighted by Crippen LogP contribution is 2.49. The van der Waals surface area contributed by atoms with Crippen LogP contribution in [-0.4, -0.2) is 43.3 Å². The number of phenolic OH excluding ortho intramolecular Hbond substituents is 1. The molecular formula is C25H30ClNO6. The van der Waals surface area contributed by atoms with Crippen LogP contribution < -0.4 is 10.1 Å². The molecule has 1 saturated heterocycles. The molecule has 2 atom stereocenters. The summed E-state index contributed by atoms with van der Waals surface area (Å²) in [5, 5.41) is 13.6. The third kappa shape index (κ3) is 4.62. The normalized spacial score (nSPS) is 24.5. The van der Waals surface area contributed by atoms with Crippen LogP contribution in [0, 0.1) is 5.41 Å². The van der Waals surface area contributed by atoms with Crippen molar-refractivity contribution in [1.82, 2.24) is 5.32 Å². The topological polar surface area (TPSA) is 94.1 Å². The van der Waals surface area contributed by atoms with Crippen LogP contribution in [0.3, 0.4) is 0 Å². The number of hydrogen-bond acceptors (Lipinski definition) is 7. The van der Waals surface area contributed by atoms with Gasteiger partial charge in [-0.15, -0.1) is 0 Å². The Labute approximate surface area is 198 Å². The van der Waals surface area contributed by atoms with Crippen LogP contribution in [-0.2, 0) is 19.1 Å². The molecule has 2 heterocycles. The predicted molar refractivity (Wildman–Crippen MR) is 123 cm³/mol. The number of carbonyl (C=O) groups is 2. The Hall–Kier alpha value is -2.51. The SMILES string of the molecule is COc1cc([C@@H]2C(C(=O)OC[C@H]3CCCO3)=C(C)NC3=C2C(=O)CC(C)(C)C3)cc(Cl)c1O. The fourth-order valence-electron chi connectivity index (χ4n) is 4.98. The van der Waals surface area contributed by atoms with E-state index in [0.717, 1.165) is 18.5 Å². The number of rotatable bonds is 5. The summed E-state index contributed by atoms with van der Waals surface area (Å²) < 4.78 is 16.5. The van der Waals surface area contributed by atoms with E-state index in [-0.39, 0.29) is 40.4 Å². The zero-order valence-corrected chi connectivity index (χ0v) is 20.2. The molecule has 1 fully saturated rings. The third-order valence-corrected chi connectivity index (χ3v) is 6.78. The molecule has 4 rings (SSSR count). The van der Waals surface area contributed by atoms with Crippen molar-refractivity contribution in [2.45, 2.75) is 58.5 Å². The van der Waals surface area contributed by atoms with Gasteiger partial charge in [0, 0.05) is 35.9 Å². The van der Waals surface area contributed by atoms with Gasteiger partial charge in [0.25, 0.3) is 0 Å². The highest BCUT2D eigenvalue weighted by Gasteiger charge is 2.43. The molecule has 1 aromatic rings. The van der Waals surface area contributed by atoms with Crippen molar-refractivity contribution in [1.29, 1.82) is 0 Å². The van der Waals surface area contributed by atoms with E-state index < -0.39 is 11.9 Å². The zero-order chi connectivity index (χ0) is 23.9. The minimum Gasteiger partial charge on any atom is -0.503 e. The van der Waals surface area contributed by atoms with E-state index in [1.165, 1.54) is 7.11 Å². The lowest BCUT2D eigenvalue weighted by molar-refractivity contribution is -0.142. The summed E-state index contributed by atoms with van der Waals surface area (Å²) in [7, 11) is 1.43. The summed E-state index contributed by atoms with van der Waals surface area (Å²) >= 11 is 6.29.